The van der Waals surface area contributed by atoms with E-state index in [1.165, 1.54) is 41.3 Å². The number of sulfonamides is 1. The highest BCUT2D eigenvalue weighted by molar-refractivity contribution is 7.92. The van der Waals surface area contributed by atoms with Gasteiger partial charge in [-0.05, 0) is 18.2 Å². The molecule has 0 saturated carbocycles. The number of likely N-dealkylation sites (tertiary alicyclic amines) is 1. The zero-order valence-corrected chi connectivity index (χ0v) is 16.2. The molecule has 2 N–H and O–H groups in total. The number of non-ortho nitro benzene ring substituents is 1. The molecule has 1 heterocycles. The fraction of sp³-hybridized carbons (Fsp3) is 0.368. The quantitative estimate of drug-likeness (QED) is 0.499. The molecule has 1 aliphatic heterocycles. The molecule has 3 rings (SSSR count). The van der Waals surface area contributed by atoms with Gasteiger partial charge in [-0.25, -0.2) is 8.42 Å². The van der Waals surface area contributed by atoms with E-state index in [4.69, 9.17) is 0 Å². The zero-order chi connectivity index (χ0) is 20.1. The summed E-state index contributed by atoms with van der Waals surface area (Å²) >= 11 is 0. The van der Waals surface area contributed by atoms with Gasteiger partial charge in [-0.1, -0.05) is 24.3 Å². The number of nitro groups is 1. The molecular formula is C19H24N3O5S+. The second-order valence-corrected chi connectivity index (χ2v) is 8.80. The van der Waals surface area contributed by atoms with Crippen molar-refractivity contribution in [2.24, 2.45) is 0 Å². The molecule has 8 nitrogen and oxygen atoms in total. The number of nitrogens with zero attached hydrogens (tertiary/aromatic N) is 2. The van der Waals surface area contributed by atoms with Crippen molar-refractivity contribution in [3.05, 3.63) is 64.7 Å². The average Bonchev–Trinajstić information content (AvgIpc) is 3.19. The van der Waals surface area contributed by atoms with Gasteiger partial charge in [-0.2, -0.15) is 0 Å². The van der Waals surface area contributed by atoms with Gasteiger partial charge in [0, 0.05) is 25.0 Å². The van der Waals surface area contributed by atoms with Gasteiger partial charge >= 0.3 is 0 Å². The molecule has 150 valence electrons. The summed E-state index contributed by atoms with van der Waals surface area (Å²) in [6.07, 6.45) is 1.31. The number of quaternary nitrogens is 1. The number of hydrogen-bond donors (Lipinski definition) is 2. The van der Waals surface area contributed by atoms with E-state index < -0.39 is 21.1 Å². The van der Waals surface area contributed by atoms with Gasteiger partial charge in [0.25, 0.3) is 15.7 Å². The van der Waals surface area contributed by atoms with Crippen LogP contribution in [0, 0.1) is 10.1 Å². The van der Waals surface area contributed by atoms with E-state index in [0.717, 1.165) is 30.2 Å². The Labute approximate surface area is 164 Å². The number of nitrogens with one attached hydrogen (secondary N) is 1. The van der Waals surface area contributed by atoms with Crippen molar-refractivity contribution in [3.8, 4) is 0 Å². The Kier molecular flexibility index (Phi) is 6.28. The first-order chi connectivity index (χ1) is 13.4. The van der Waals surface area contributed by atoms with E-state index >= 15 is 0 Å². The summed E-state index contributed by atoms with van der Waals surface area (Å²) in [5.74, 6) is 0. The Morgan fingerprint density at radius 1 is 1.11 bits per heavy atom. The van der Waals surface area contributed by atoms with Gasteiger partial charge in [0.15, 0.2) is 0 Å². The van der Waals surface area contributed by atoms with E-state index in [-0.39, 0.29) is 22.8 Å². The lowest BCUT2D eigenvalue weighted by atomic mass is 10.2. The molecule has 0 aliphatic carbocycles. The Bertz CT molecular complexity index is 914. The molecule has 0 amide bonds. The monoisotopic (exact) mass is 406 g/mol. The lowest BCUT2D eigenvalue weighted by Gasteiger charge is -2.27. The maximum Gasteiger partial charge on any atom is 0.271 e. The molecule has 2 aromatic rings. The van der Waals surface area contributed by atoms with Gasteiger partial charge < -0.3 is 10.0 Å². The molecule has 0 spiro atoms. The van der Waals surface area contributed by atoms with Crippen LogP contribution in [0.4, 0.5) is 11.4 Å². The Morgan fingerprint density at radius 3 is 2.43 bits per heavy atom. The molecular weight excluding hydrogens is 382 g/mol. The minimum Gasteiger partial charge on any atom is -0.385 e. The second-order valence-electron chi connectivity index (χ2n) is 6.94. The molecule has 1 fully saturated rings. The van der Waals surface area contributed by atoms with Crippen LogP contribution in [0.15, 0.2) is 59.5 Å². The first-order valence-corrected chi connectivity index (χ1v) is 10.7. The minimum atomic E-state index is -3.98. The first-order valence-electron chi connectivity index (χ1n) is 9.22. The van der Waals surface area contributed by atoms with Crippen molar-refractivity contribution >= 4 is 21.4 Å². The van der Waals surface area contributed by atoms with E-state index in [1.807, 2.05) is 0 Å². The number of benzene rings is 2. The van der Waals surface area contributed by atoms with Crippen LogP contribution in [0.2, 0.25) is 0 Å². The van der Waals surface area contributed by atoms with Crippen LogP contribution in [-0.4, -0.2) is 50.7 Å². The van der Waals surface area contributed by atoms with Crippen LogP contribution >= 0.6 is 0 Å². The summed E-state index contributed by atoms with van der Waals surface area (Å²) in [6.45, 7) is 2.19. The SMILES string of the molecule is O=[N+]([O-])c1cccc(N(C[C@@H](O)C[NH+]2CCCC2)S(=O)(=O)c2ccccc2)c1. The van der Waals surface area contributed by atoms with Crippen molar-refractivity contribution in [2.45, 2.75) is 23.8 Å². The molecule has 0 radical (unpaired) electrons. The van der Waals surface area contributed by atoms with Crippen LogP contribution in [-0.2, 0) is 10.0 Å². The first kappa shape index (κ1) is 20.2. The Balaban J connectivity index is 1.93. The summed E-state index contributed by atoms with van der Waals surface area (Å²) in [4.78, 5) is 11.9. The smallest absolute Gasteiger partial charge is 0.271 e. The third-order valence-electron chi connectivity index (χ3n) is 4.87. The predicted molar refractivity (Wildman–Crippen MR) is 105 cm³/mol. The summed E-state index contributed by atoms with van der Waals surface area (Å²) < 4.78 is 27.5. The lowest BCUT2D eigenvalue weighted by molar-refractivity contribution is -0.890. The summed E-state index contributed by atoms with van der Waals surface area (Å²) in [5, 5.41) is 21.7. The molecule has 0 unspecified atom stereocenters. The summed E-state index contributed by atoms with van der Waals surface area (Å²) in [7, 11) is -3.98. The van der Waals surface area contributed by atoms with Crippen LogP contribution in [0.1, 0.15) is 12.8 Å². The largest absolute Gasteiger partial charge is 0.385 e. The number of aliphatic hydroxyl groups excluding tert-OH is 1. The third kappa shape index (κ3) is 4.67. The molecule has 1 saturated heterocycles. The van der Waals surface area contributed by atoms with Crippen molar-refractivity contribution in [1.29, 1.82) is 0 Å². The molecule has 0 aromatic heterocycles. The highest BCUT2D eigenvalue weighted by Gasteiger charge is 2.30. The molecule has 28 heavy (non-hydrogen) atoms. The van der Waals surface area contributed by atoms with Gasteiger partial charge in [0.2, 0.25) is 0 Å². The van der Waals surface area contributed by atoms with Crippen LogP contribution in [0.3, 0.4) is 0 Å². The lowest BCUT2D eigenvalue weighted by Crippen LogP contribution is -3.11. The van der Waals surface area contributed by atoms with Crippen molar-refractivity contribution in [1.82, 2.24) is 0 Å². The highest BCUT2D eigenvalue weighted by Crippen LogP contribution is 2.27. The van der Waals surface area contributed by atoms with E-state index in [1.54, 1.807) is 18.2 Å². The number of hydrogen-bond acceptors (Lipinski definition) is 5. The molecule has 9 heteroatoms. The van der Waals surface area contributed by atoms with Crippen LogP contribution in [0.25, 0.3) is 0 Å². The number of aliphatic hydroxyl groups is 1. The second kappa shape index (κ2) is 8.68. The normalized spacial score (nSPS) is 16.0. The van der Waals surface area contributed by atoms with Crippen molar-refractivity contribution in [2.75, 3.05) is 30.5 Å². The number of anilines is 1. The molecule has 1 aliphatic rings. The van der Waals surface area contributed by atoms with Gasteiger partial charge in [-0.15, -0.1) is 0 Å². The maximum atomic E-state index is 13.2. The Hall–Kier alpha value is -2.49. The molecule has 2 aromatic carbocycles. The number of rotatable bonds is 8. The molecule has 0 bridgehead atoms. The standard InChI is InChI=1S/C19H23N3O5S/c23-18(14-20-11-4-5-12-20)15-21(16-7-6-8-17(13-16)22(24)25)28(26,27)19-9-2-1-3-10-19/h1-3,6-10,13,18,23H,4-5,11-12,14-15H2/p+1/t18-/m0/s1. The van der Waals surface area contributed by atoms with E-state index in [0.29, 0.717) is 6.54 Å². The van der Waals surface area contributed by atoms with Crippen molar-refractivity contribution < 1.29 is 23.3 Å². The van der Waals surface area contributed by atoms with Crippen LogP contribution in [0.5, 0.6) is 0 Å². The predicted octanol–water partition coefficient (Wildman–Crippen LogP) is 0.830. The summed E-state index contributed by atoms with van der Waals surface area (Å²) in [5.41, 5.74) is -0.0426. The van der Waals surface area contributed by atoms with E-state index in [9.17, 15) is 23.6 Å². The van der Waals surface area contributed by atoms with Crippen molar-refractivity contribution in [3.63, 3.8) is 0 Å². The maximum absolute atomic E-state index is 13.2. The molecule has 1 atom stereocenters. The fourth-order valence-electron chi connectivity index (χ4n) is 3.49. The third-order valence-corrected chi connectivity index (χ3v) is 6.68. The summed E-state index contributed by atoms with van der Waals surface area (Å²) in [6, 6.07) is 13.4. The fourth-order valence-corrected chi connectivity index (χ4v) is 5.01. The average molecular weight is 406 g/mol. The van der Waals surface area contributed by atoms with Crippen LogP contribution < -0.4 is 9.21 Å². The van der Waals surface area contributed by atoms with Gasteiger partial charge in [-0.3, -0.25) is 14.4 Å². The van der Waals surface area contributed by atoms with E-state index in [2.05, 4.69) is 0 Å². The number of nitro benzene ring substituents is 1. The zero-order valence-electron chi connectivity index (χ0n) is 15.4. The van der Waals surface area contributed by atoms with Gasteiger partial charge in [0.05, 0.1) is 35.1 Å². The highest BCUT2D eigenvalue weighted by atomic mass is 32.2. The topological polar surface area (TPSA) is 105 Å². The minimum absolute atomic E-state index is 0.0715. The van der Waals surface area contributed by atoms with Gasteiger partial charge in [0.1, 0.15) is 12.6 Å². The Morgan fingerprint density at radius 2 is 1.79 bits per heavy atom.